The fourth-order valence-electron chi connectivity index (χ4n) is 2.94. The van der Waals surface area contributed by atoms with Crippen LogP contribution in [-0.4, -0.2) is 24.8 Å². The average Bonchev–Trinajstić information content (AvgIpc) is 2.40. The number of benzene rings is 1. The molecule has 1 aromatic rings. The summed E-state index contributed by atoms with van der Waals surface area (Å²) in [6.45, 7) is 4.00. The first-order valence-corrected chi connectivity index (χ1v) is 9.20. The predicted octanol–water partition coefficient (Wildman–Crippen LogP) is 3.40. The minimum atomic E-state index is -3.68. The van der Waals surface area contributed by atoms with E-state index in [1.54, 1.807) is 10.4 Å². The molecule has 0 radical (unpaired) electrons. The van der Waals surface area contributed by atoms with Crippen LogP contribution < -0.4 is 5.73 Å². The van der Waals surface area contributed by atoms with Crippen LogP contribution in [0, 0.1) is 0 Å². The van der Waals surface area contributed by atoms with Crippen LogP contribution in [0.1, 0.15) is 38.7 Å². The second-order valence-corrected chi connectivity index (χ2v) is 8.17. The van der Waals surface area contributed by atoms with Gasteiger partial charge in [0.05, 0.1) is 5.02 Å². The number of hydrogen-bond donors (Lipinski definition) is 1. The zero-order valence-corrected chi connectivity index (χ0v) is 14.5. The molecule has 2 rings (SSSR count). The molecular weight excluding hydrogens is 331 g/mol. The first-order chi connectivity index (χ1) is 9.78. The molecule has 4 nitrogen and oxygen atoms in total. The lowest BCUT2D eigenvalue weighted by molar-refractivity contribution is 0.204. The molecule has 118 valence electrons. The number of nitrogens with zero attached hydrogens (tertiary/aromatic N) is 1. The molecule has 0 aliphatic carbocycles. The molecule has 0 spiro atoms. The standard InChI is InChI=1S/C14H20Cl2N2O2S/c1-9-4-3-5-10(2)18(9)21(19,20)13-7-12(15)6-11(8-17)14(13)16/h6-7,9-10H,3-5,8,17H2,1-2H3/t9-,10+. The van der Waals surface area contributed by atoms with Gasteiger partial charge in [-0.3, -0.25) is 0 Å². The number of hydrogen-bond acceptors (Lipinski definition) is 3. The minimum Gasteiger partial charge on any atom is -0.326 e. The molecule has 1 aliphatic heterocycles. The van der Waals surface area contributed by atoms with Crippen molar-refractivity contribution in [2.45, 2.75) is 56.6 Å². The average molecular weight is 351 g/mol. The fraction of sp³-hybridized carbons (Fsp3) is 0.571. The third-order valence-corrected chi connectivity index (χ3v) is 6.90. The fourth-order valence-corrected chi connectivity index (χ4v) is 5.74. The summed E-state index contributed by atoms with van der Waals surface area (Å²) in [5.74, 6) is 0. The van der Waals surface area contributed by atoms with E-state index in [0.29, 0.717) is 10.6 Å². The van der Waals surface area contributed by atoms with E-state index in [2.05, 4.69) is 0 Å². The van der Waals surface area contributed by atoms with E-state index in [1.807, 2.05) is 13.8 Å². The molecular formula is C14H20Cl2N2O2S. The van der Waals surface area contributed by atoms with Gasteiger partial charge in [-0.1, -0.05) is 29.6 Å². The van der Waals surface area contributed by atoms with Gasteiger partial charge in [-0.05, 0) is 44.4 Å². The molecule has 7 heteroatoms. The smallest absolute Gasteiger partial charge is 0.245 e. The monoisotopic (exact) mass is 350 g/mol. The van der Waals surface area contributed by atoms with Crippen LogP contribution in [0.25, 0.3) is 0 Å². The van der Waals surface area contributed by atoms with Crippen molar-refractivity contribution in [2.24, 2.45) is 5.73 Å². The topological polar surface area (TPSA) is 63.4 Å². The quantitative estimate of drug-likeness (QED) is 0.908. The summed E-state index contributed by atoms with van der Waals surface area (Å²) in [5.41, 5.74) is 6.15. The van der Waals surface area contributed by atoms with Crippen LogP contribution in [0.5, 0.6) is 0 Å². The lowest BCUT2D eigenvalue weighted by atomic mass is 10.0. The van der Waals surface area contributed by atoms with Gasteiger partial charge in [0.1, 0.15) is 4.90 Å². The van der Waals surface area contributed by atoms with Gasteiger partial charge >= 0.3 is 0 Å². The van der Waals surface area contributed by atoms with E-state index in [9.17, 15) is 8.42 Å². The molecule has 0 unspecified atom stereocenters. The molecule has 0 saturated carbocycles. The SMILES string of the molecule is C[C@@H]1CCC[C@H](C)N1S(=O)(=O)c1cc(Cl)cc(CN)c1Cl. The van der Waals surface area contributed by atoms with Gasteiger partial charge in [0, 0.05) is 23.7 Å². The van der Waals surface area contributed by atoms with Gasteiger partial charge in [-0.15, -0.1) is 0 Å². The summed E-state index contributed by atoms with van der Waals surface area (Å²) in [6, 6.07) is 2.92. The highest BCUT2D eigenvalue weighted by Crippen LogP contribution is 2.35. The Kier molecular flexibility index (Phi) is 5.21. The van der Waals surface area contributed by atoms with Crippen molar-refractivity contribution in [3.63, 3.8) is 0 Å². The molecule has 0 amide bonds. The van der Waals surface area contributed by atoms with E-state index >= 15 is 0 Å². The number of nitrogens with two attached hydrogens (primary N) is 1. The van der Waals surface area contributed by atoms with Crippen molar-refractivity contribution in [3.8, 4) is 0 Å². The molecule has 1 aliphatic rings. The molecule has 0 aromatic heterocycles. The van der Waals surface area contributed by atoms with Crippen LogP contribution in [0.2, 0.25) is 10.0 Å². The maximum Gasteiger partial charge on any atom is 0.245 e. The Bertz CT molecular complexity index is 624. The Morgan fingerprint density at radius 2 is 1.81 bits per heavy atom. The summed E-state index contributed by atoms with van der Waals surface area (Å²) in [7, 11) is -3.68. The first-order valence-electron chi connectivity index (χ1n) is 7.00. The largest absolute Gasteiger partial charge is 0.326 e. The summed E-state index contributed by atoms with van der Waals surface area (Å²) < 4.78 is 27.5. The number of halogens is 2. The number of rotatable bonds is 3. The van der Waals surface area contributed by atoms with Gasteiger partial charge in [0.15, 0.2) is 0 Å². The van der Waals surface area contributed by atoms with Gasteiger partial charge in [0.2, 0.25) is 10.0 Å². The molecule has 2 N–H and O–H groups in total. The van der Waals surface area contributed by atoms with Crippen molar-refractivity contribution >= 4 is 33.2 Å². The summed E-state index contributed by atoms with van der Waals surface area (Å²) >= 11 is 12.3. The van der Waals surface area contributed by atoms with Gasteiger partial charge in [-0.2, -0.15) is 4.31 Å². The van der Waals surface area contributed by atoms with Crippen molar-refractivity contribution in [1.29, 1.82) is 0 Å². The second kappa shape index (κ2) is 6.42. The summed E-state index contributed by atoms with van der Waals surface area (Å²) in [5, 5.41) is 0.502. The zero-order chi connectivity index (χ0) is 15.8. The zero-order valence-electron chi connectivity index (χ0n) is 12.1. The third kappa shape index (κ3) is 3.22. The van der Waals surface area contributed by atoms with Crippen LogP contribution in [0.4, 0.5) is 0 Å². The summed E-state index contributed by atoms with van der Waals surface area (Å²) in [6.07, 6.45) is 2.74. The van der Waals surface area contributed by atoms with E-state index < -0.39 is 10.0 Å². The van der Waals surface area contributed by atoms with Crippen molar-refractivity contribution in [3.05, 3.63) is 27.7 Å². The van der Waals surface area contributed by atoms with Crippen molar-refractivity contribution < 1.29 is 8.42 Å². The lowest BCUT2D eigenvalue weighted by Gasteiger charge is -2.38. The molecule has 1 saturated heterocycles. The van der Waals surface area contributed by atoms with E-state index in [1.165, 1.54) is 6.07 Å². The van der Waals surface area contributed by atoms with Gasteiger partial charge in [-0.25, -0.2) is 8.42 Å². The third-order valence-electron chi connectivity index (χ3n) is 3.97. The maximum absolute atomic E-state index is 13.0. The Hall–Kier alpha value is -0.330. The summed E-state index contributed by atoms with van der Waals surface area (Å²) in [4.78, 5) is 0.0534. The van der Waals surface area contributed by atoms with Crippen molar-refractivity contribution in [1.82, 2.24) is 4.31 Å². The lowest BCUT2D eigenvalue weighted by Crippen LogP contribution is -2.47. The molecule has 1 aromatic carbocycles. The highest BCUT2D eigenvalue weighted by molar-refractivity contribution is 7.89. The van der Waals surface area contributed by atoms with E-state index in [4.69, 9.17) is 28.9 Å². The minimum absolute atomic E-state index is 0.0462. The Labute approximate surface area is 136 Å². The maximum atomic E-state index is 13.0. The van der Waals surface area contributed by atoms with Crippen LogP contribution in [-0.2, 0) is 16.6 Å². The van der Waals surface area contributed by atoms with E-state index in [-0.39, 0.29) is 28.5 Å². The molecule has 21 heavy (non-hydrogen) atoms. The molecule has 1 heterocycles. The van der Waals surface area contributed by atoms with Crippen LogP contribution in [0.15, 0.2) is 17.0 Å². The van der Waals surface area contributed by atoms with Gasteiger partial charge < -0.3 is 5.73 Å². The normalized spacial score (nSPS) is 24.2. The molecule has 1 fully saturated rings. The van der Waals surface area contributed by atoms with E-state index in [0.717, 1.165) is 19.3 Å². The van der Waals surface area contributed by atoms with Crippen LogP contribution in [0.3, 0.4) is 0 Å². The van der Waals surface area contributed by atoms with Gasteiger partial charge in [0.25, 0.3) is 0 Å². The highest BCUT2D eigenvalue weighted by atomic mass is 35.5. The van der Waals surface area contributed by atoms with Crippen molar-refractivity contribution in [2.75, 3.05) is 0 Å². The Morgan fingerprint density at radius 3 is 2.33 bits per heavy atom. The Balaban J connectivity index is 2.56. The Morgan fingerprint density at radius 1 is 1.24 bits per heavy atom. The predicted molar refractivity (Wildman–Crippen MR) is 86.2 cm³/mol. The second-order valence-electron chi connectivity index (χ2n) is 5.55. The number of piperidine rings is 1. The molecule has 2 atom stereocenters. The first kappa shape index (κ1) is 17.0. The van der Waals surface area contributed by atoms with Crippen LogP contribution >= 0.6 is 23.2 Å². The highest BCUT2D eigenvalue weighted by Gasteiger charge is 2.37. The number of sulfonamides is 1. The molecule has 0 bridgehead atoms.